The van der Waals surface area contributed by atoms with Gasteiger partial charge in [0.05, 0.1) is 25.4 Å². The fourth-order valence-electron chi connectivity index (χ4n) is 2.80. The van der Waals surface area contributed by atoms with Crippen molar-refractivity contribution in [1.29, 1.82) is 0 Å². The molecule has 0 aliphatic carbocycles. The number of halogens is 1. The second-order valence-corrected chi connectivity index (χ2v) is 5.74. The molecule has 114 valence electrons. The Balaban J connectivity index is 1.81. The molecule has 0 spiro atoms. The number of benzene rings is 1. The molecule has 21 heavy (non-hydrogen) atoms. The van der Waals surface area contributed by atoms with Gasteiger partial charge >= 0.3 is 0 Å². The highest BCUT2D eigenvalue weighted by atomic mass is 19.1. The molecule has 1 amide bonds. The van der Waals surface area contributed by atoms with Gasteiger partial charge in [0.15, 0.2) is 5.67 Å². The molecule has 2 aliphatic rings. The minimum atomic E-state index is -1.66. The number of ether oxygens (including phenoxy) is 1. The van der Waals surface area contributed by atoms with Crippen molar-refractivity contribution in [2.24, 2.45) is 0 Å². The molecule has 0 saturated carbocycles. The molecular weight excluding hydrogens is 275 g/mol. The fraction of sp³-hybridized carbons (Fsp3) is 0.533. The average Bonchev–Trinajstić information content (AvgIpc) is 2.90. The van der Waals surface area contributed by atoms with Gasteiger partial charge in [-0.15, -0.1) is 0 Å². The maximum atomic E-state index is 14.0. The summed E-state index contributed by atoms with van der Waals surface area (Å²) in [5.41, 5.74) is -0.266. The molecule has 1 N–H and O–H groups in total. The van der Waals surface area contributed by atoms with Gasteiger partial charge in [0, 0.05) is 25.6 Å². The van der Waals surface area contributed by atoms with E-state index in [4.69, 9.17) is 9.84 Å². The Morgan fingerprint density at radius 1 is 1.48 bits per heavy atom. The summed E-state index contributed by atoms with van der Waals surface area (Å²) in [5, 5.41) is 9.05. The summed E-state index contributed by atoms with van der Waals surface area (Å²) >= 11 is 0. The molecule has 1 unspecified atom stereocenters. The smallest absolute Gasteiger partial charge is 0.254 e. The van der Waals surface area contributed by atoms with Crippen LogP contribution < -0.4 is 9.64 Å². The largest absolute Gasteiger partial charge is 0.490 e. The number of fused-ring (bicyclic) bond motifs is 1. The van der Waals surface area contributed by atoms with Gasteiger partial charge in [-0.1, -0.05) is 0 Å². The third-order valence-corrected chi connectivity index (χ3v) is 4.18. The van der Waals surface area contributed by atoms with E-state index < -0.39 is 12.3 Å². The van der Waals surface area contributed by atoms with Crippen molar-refractivity contribution in [3.8, 4) is 5.75 Å². The van der Waals surface area contributed by atoms with Crippen LogP contribution in [-0.2, 0) is 0 Å². The highest BCUT2D eigenvalue weighted by molar-refractivity contribution is 5.96. The van der Waals surface area contributed by atoms with Crippen LogP contribution in [0.4, 0.5) is 10.1 Å². The van der Waals surface area contributed by atoms with Crippen molar-refractivity contribution in [2.75, 3.05) is 44.8 Å². The van der Waals surface area contributed by atoms with Gasteiger partial charge in [-0.3, -0.25) is 4.79 Å². The number of anilines is 1. The molecule has 1 fully saturated rings. The zero-order chi connectivity index (χ0) is 15.0. The summed E-state index contributed by atoms with van der Waals surface area (Å²) in [5.74, 6) is 0.557. The lowest BCUT2D eigenvalue weighted by atomic mass is 10.1. The Bertz CT molecular complexity index is 566. The maximum Gasteiger partial charge on any atom is 0.254 e. The van der Waals surface area contributed by atoms with E-state index in [0.29, 0.717) is 18.7 Å². The first-order chi connectivity index (χ1) is 10.0. The normalized spacial score (nSPS) is 24.7. The van der Waals surface area contributed by atoms with Crippen molar-refractivity contribution < 1.29 is 19.0 Å². The van der Waals surface area contributed by atoms with Crippen LogP contribution in [0.25, 0.3) is 0 Å². The van der Waals surface area contributed by atoms with Crippen LogP contribution >= 0.6 is 0 Å². The average molecular weight is 294 g/mol. The number of carbonyl (C=O) groups is 1. The Morgan fingerprint density at radius 2 is 2.29 bits per heavy atom. The van der Waals surface area contributed by atoms with Crippen molar-refractivity contribution in [2.45, 2.75) is 12.1 Å². The number of aliphatic hydroxyl groups is 1. The summed E-state index contributed by atoms with van der Waals surface area (Å²) in [7, 11) is 1.95. The fourth-order valence-corrected chi connectivity index (χ4v) is 2.80. The molecule has 6 heteroatoms. The molecule has 2 aliphatic heterocycles. The molecule has 2 heterocycles. The Morgan fingerprint density at radius 3 is 3.00 bits per heavy atom. The Kier molecular flexibility index (Phi) is 3.49. The molecule has 5 nitrogen and oxygen atoms in total. The highest BCUT2D eigenvalue weighted by Gasteiger charge is 2.40. The molecule has 1 aromatic carbocycles. The van der Waals surface area contributed by atoms with Crippen LogP contribution in [0.3, 0.4) is 0 Å². The zero-order valence-corrected chi connectivity index (χ0v) is 12.0. The highest BCUT2D eigenvalue weighted by Crippen LogP contribution is 2.33. The van der Waals surface area contributed by atoms with E-state index in [0.717, 1.165) is 18.0 Å². The number of aliphatic hydroxyl groups excluding tert-OH is 1. The van der Waals surface area contributed by atoms with E-state index in [1.165, 1.54) is 4.90 Å². The summed E-state index contributed by atoms with van der Waals surface area (Å²) in [6.45, 7) is 1.14. The first-order valence-electron chi connectivity index (χ1n) is 7.09. The second kappa shape index (κ2) is 5.18. The van der Waals surface area contributed by atoms with Crippen LogP contribution in [-0.4, -0.2) is 61.5 Å². The predicted molar refractivity (Wildman–Crippen MR) is 76.7 cm³/mol. The van der Waals surface area contributed by atoms with Gasteiger partial charge in [-0.2, -0.15) is 0 Å². The monoisotopic (exact) mass is 294 g/mol. The number of rotatable bonds is 2. The Hall–Kier alpha value is -1.82. The van der Waals surface area contributed by atoms with Gasteiger partial charge in [-0.05, 0) is 18.2 Å². The third-order valence-electron chi connectivity index (χ3n) is 4.18. The van der Waals surface area contributed by atoms with Gasteiger partial charge in [0.2, 0.25) is 0 Å². The maximum absolute atomic E-state index is 14.0. The number of hydrogen-bond donors (Lipinski definition) is 1. The lowest BCUT2D eigenvalue weighted by molar-refractivity contribution is 0.0631. The minimum absolute atomic E-state index is 0.0498. The first-order valence-corrected chi connectivity index (χ1v) is 7.09. The quantitative estimate of drug-likeness (QED) is 0.886. The second-order valence-electron chi connectivity index (χ2n) is 5.74. The summed E-state index contributed by atoms with van der Waals surface area (Å²) in [4.78, 5) is 16.0. The van der Waals surface area contributed by atoms with E-state index in [9.17, 15) is 9.18 Å². The first kappa shape index (κ1) is 14.1. The number of alkyl halides is 1. The Labute approximate surface area is 122 Å². The SMILES string of the molecule is CN1CCOc2ccc(C(=O)N3CCC(F)(CO)C3)cc21. The number of hydrogen-bond acceptors (Lipinski definition) is 4. The molecule has 1 aromatic rings. The lowest BCUT2D eigenvalue weighted by Gasteiger charge is -2.28. The zero-order valence-electron chi connectivity index (χ0n) is 12.0. The van der Waals surface area contributed by atoms with E-state index in [1.54, 1.807) is 18.2 Å². The number of nitrogens with zero attached hydrogens (tertiary/aromatic N) is 2. The molecule has 1 saturated heterocycles. The van der Waals surface area contributed by atoms with Gasteiger partial charge in [0.1, 0.15) is 12.4 Å². The molecule has 0 bridgehead atoms. The predicted octanol–water partition coefficient (Wildman–Crippen LogP) is 1.06. The van der Waals surface area contributed by atoms with Crippen molar-refractivity contribution in [3.63, 3.8) is 0 Å². The molecule has 1 atom stereocenters. The van der Waals surface area contributed by atoms with E-state index in [2.05, 4.69) is 0 Å². The molecule has 0 aromatic heterocycles. The topological polar surface area (TPSA) is 53.0 Å². The summed E-state index contributed by atoms with van der Waals surface area (Å²) < 4.78 is 19.6. The lowest BCUT2D eigenvalue weighted by Crippen LogP contribution is -2.35. The number of amides is 1. The molecular formula is C15H19FN2O3. The van der Waals surface area contributed by atoms with Crippen LogP contribution in [0.5, 0.6) is 5.75 Å². The number of likely N-dealkylation sites (tertiary alicyclic amines) is 1. The number of carbonyl (C=O) groups excluding carboxylic acids is 1. The van der Waals surface area contributed by atoms with Gasteiger partial charge < -0.3 is 19.6 Å². The van der Waals surface area contributed by atoms with Crippen molar-refractivity contribution >= 4 is 11.6 Å². The van der Waals surface area contributed by atoms with Crippen LogP contribution in [0.2, 0.25) is 0 Å². The van der Waals surface area contributed by atoms with Crippen LogP contribution in [0.1, 0.15) is 16.8 Å². The van der Waals surface area contributed by atoms with Crippen molar-refractivity contribution in [3.05, 3.63) is 23.8 Å². The van der Waals surface area contributed by atoms with E-state index in [-0.39, 0.29) is 18.9 Å². The molecule has 0 radical (unpaired) electrons. The van der Waals surface area contributed by atoms with Crippen LogP contribution in [0, 0.1) is 0 Å². The standard InChI is InChI=1S/C15H19FN2O3/c1-17-6-7-21-13-3-2-11(8-12(13)17)14(20)18-5-4-15(16,9-18)10-19/h2-3,8,19H,4-7,9-10H2,1H3. The number of likely N-dealkylation sites (N-methyl/N-ethyl adjacent to an activating group) is 1. The summed E-state index contributed by atoms with van der Waals surface area (Å²) in [6, 6.07) is 5.27. The van der Waals surface area contributed by atoms with E-state index >= 15 is 0 Å². The van der Waals surface area contributed by atoms with Gasteiger partial charge in [-0.25, -0.2) is 4.39 Å². The third kappa shape index (κ3) is 2.55. The van der Waals surface area contributed by atoms with Crippen LogP contribution in [0.15, 0.2) is 18.2 Å². The summed E-state index contributed by atoms with van der Waals surface area (Å²) in [6.07, 6.45) is 0.184. The minimum Gasteiger partial charge on any atom is -0.490 e. The van der Waals surface area contributed by atoms with E-state index in [1.807, 2.05) is 11.9 Å². The molecule has 3 rings (SSSR count). The van der Waals surface area contributed by atoms with Gasteiger partial charge in [0.25, 0.3) is 5.91 Å². The van der Waals surface area contributed by atoms with Crippen molar-refractivity contribution in [1.82, 2.24) is 4.90 Å².